The minimum Gasteiger partial charge on any atom is -0.288 e. The molecule has 25 heavy (non-hydrogen) atoms. The molecule has 4 rings (SSSR count). The van der Waals surface area contributed by atoms with Crippen molar-refractivity contribution in [1.82, 2.24) is 9.55 Å². The predicted octanol–water partition coefficient (Wildman–Crippen LogP) is 3.83. The topological polar surface area (TPSA) is 52.0 Å². The lowest BCUT2D eigenvalue weighted by Crippen LogP contribution is -2.27. The van der Waals surface area contributed by atoms with E-state index in [2.05, 4.69) is 4.98 Å². The first kappa shape index (κ1) is 15.7. The Hall–Kier alpha value is -2.79. The second kappa shape index (κ2) is 5.93. The van der Waals surface area contributed by atoms with E-state index in [-0.39, 0.29) is 16.4 Å². The number of aromatic nitrogens is 2. The number of hydrogen-bond acceptors (Lipinski definition) is 4. The zero-order chi connectivity index (χ0) is 17.6. The van der Waals surface area contributed by atoms with Crippen molar-refractivity contribution in [3.63, 3.8) is 0 Å². The van der Waals surface area contributed by atoms with Crippen molar-refractivity contribution in [2.75, 3.05) is 0 Å². The minimum absolute atomic E-state index is 0.168. The molecule has 0 spiro atoms. The van der Waals surface area contributed by atoms with Gasteiger partial charge < -0.3 is 0 Å². The SMILES string of the molecule is CCc1nc2sc3ccccc3c(=O)c2c(=O)n1-c1ccc(C)cc1. The predicted molar refractivity (Wildman–Crippen MR) is 103 cm³/mol. The Morgan fingerprint density at radius 1 is 1.04 bits per heavy atom. The van der Waals surface area contributed by atoms with E-state index in [1.165, 1.54) is 11.3 Å². The fourth-order valence-corrected chi connectivity index (χ4v) is 4.05. The van der Waals surface area contributed by atoms with E-state index in [1.807, 2.05) is 56.3 Å². The highest BCUT2D eigenvalue weighted by Crippen LogP contribution is 2.22. The van der Waals surface area contributed by atoms with Gasteiger partial charge in [0.25, 0.3) is 5.56 Å². The Morgan fingerprint density at radius 3 is 2.48 bits per heavy atom. The van der Waals surface area contributed by atoms with Crippen LogP contribution in [-0.2, 0) is 6.42 Å². The van der Waals surface area contributed by atoms with Crippen LogP contribution >= 0.6 is 11.3 Å². The van der Waals surface area contributed by atoms with Gasteiger partial charge in [0.2, 0.25) is 5.43 Å². The third-order valence-corrected chi connectivity index (χ3v) is 5.36. The molecule has 0 aliphatic rings. The molecule has 0 aliphatic heterocycles. The molecule has 0 bridgehead atoms. The van der Waals surface area contributed by atoms with Crippen molar-refractivity contribution in [2.45, 2.75) is 20.3 Å². The molecular formula is C20H16N2O2S. The molecule has 0 N–H and O–H groups in total. The highest BCUT2D eigenvalue weighted by molar-refractivity contribution is 7.24. The molecule has 0 atom stereocenters. The fourth-order valence-electron chi connectivity index (χ4n) is 2.99. The average molecular weight is 348 g/mol. The van der Waals surface area contributed by atoms with Gasteiger partial charge in [-0.1, -0.05) is 36.8 Å². The van der Waals surface area contributed by atoms with Crippen LogP contribution in [0.4, 0.5) is 0 Å². The number of hydrogen-bond donors (Lipinski definition) is 0. The summed E-state index contributed by atoms with van der Waals surface area (Å²) in [6.07, 6.45) is 0.604. The molecule has 0 radical (unpaired) electrons. The number of benzene rings is 2. The highest BCUT2D eigenvalue weighted by Gasteiger charge is 2.16. The van der Waals surface area contributed by atoms with E-state index in [4.69, 9.17) is 0 Å². The van der Waals surface area contributed by atoms with Gasteiger partial charge in [-0.15, -0.1) is 11.3 Å². The minimum atomic E-state index is -0.294. The number of nitrogens with zero attached hydrogens (tertiary/aromatic N) is 2. The molecule has 0 saturated heterocycles. The van der Waals surface area contributed by atoms with Crippen LogP contribution in [0.1, 0.15) is 18.3 Å². The summed E-state index contributed by atoms with van der Waals surface area (Å²) in [5, 5.41) is 0.736. The Bertz CT molecular complexity index is 1220. The number of aryl methyl sites for hydroxylation is 2. The van der Waals surface area contributed by atoms with Gasteiger partial charge in [-0.05, 0) is 31.2 Å². The maximum absolute atomic E-state index is 13.2. The first-order valence-electron chi connectivity index (χ1n) is 8.14. The van der Waals surface area contributed by atoms with Gasteiger partial charge in [-0.25, -0.2) is 4.98 Å². The second-order valence-electron chi connectivity index (χ2n) is 5.97. The number of fused-ring (bicyclic) bond motifs is 2. The Morgan fingerprint density at radius 2 is 1.76 bits per heavy atom. The van der Waals surface area contributed by atoms with Gasteiger partial charge in [-0.2, -0.15) is 0 Å². The van der Waals surface area contributed by atoms with Gasteiger partial charge in [-0.3, -0.25) is 14.2 Å². The van der Waals surface area contributed by atoms with Crippen molar-refractivity contribution in [3.05, 3.63) is 80.5 Å². The Kier molecular flexibility index (Phi) is 3.73. The van der Waals surface area contributed by atoms with Crippen LogP contribution in [-0.4, -0.2) is 9.55 Å². The van der Waals surface area contributed by atoms with E-state index < -0.39 is 0 Å². The van der Waals surface area contributed by atoms with Crippen molar-refractivity contribution in [3.8, 4) is 5.69 Å². The molecule has 0 fully saturated rings. The highest BCUT2D eigenvalue weighted by atomic mass is 32.1. The zero-order valence-corrected chi connectivity index (χ0v) is 14.8. The monoisotopic (exact) mass is 348 g/mol. The maximum Gasteiger partial charge on any atom is 0.270 e. The quantitative estimate of drug-likeness (QED) is 0.517. The Labute approximate surface area is 148 Å². The van der Waals surface area contributed by atoms with Crippen LogP contribution in [0.5, 0.6) is 0 Å². The molecule has 2 aromatic heterocycles. The van der Waals surface area contributed by atoms with Gasteiger partial charge in [0, 0.05) is 16.5 Å². The number of rotatable bonds is 2. The maximum atomic E-state index is 13.2. The third kappa shape index (κ3) is 2.48. The fraction of sp³-hybridized carbons (Fsp3) is 0.150. The summed E-state index contributed by atoms with van der Waals surface area (Å²) in [6, 6.07) is 15.0. The average Bonchev–Trinajstić information content (AvgIpc) is 2.62. The van der Waals surface area contributed by atoms with E-state index in [0.29, 0.717) is 22.5 Å². The van der Waals surface area contributed by atoms with Crippen LogP contribution in [0, 0.1) is 6.92 Å². The molecule has 4 aromatic rings. The summed E-state index contributed by atoms with van der Waals surface area (Å²) < 4.78 is 2.41. The first-order chi connectivity index (χ1) is 12.1. The molecule has 2 heterocycles. The largest absolute Gasteiger partial charge is 0.288 e. The van der Waals surface area contributed by atoms with Crippen molar-refractivity contribution in [1.29, 1.82) is 0 Å². The molecule has 0 unspecified atom stereocenters. The van der Waals surface area contributed by atoms with E-state index in [9.17, 15) is 9.59 Å². The lowest BCUT2D eigenvalue weighted by atomic mass is 10.2. The van der Waals surface area contributed by atoms with Crippen LogP contribution in [0.15, 0.2) is 58.1 Å². The molecule has 0 amide bonds. The van der Waals surface area contributed by atoms with Crippen LogP contribution in [0.2, 0.25) is 0 Å². The smallest absolute Gasteiger partial charge is 0.270 e. The Balaban J connectivity index is 2.17. The summed E-state index contributed by atoms with van der Waals surface area (Å²) in [5.74, 6) is 0.660. The van der Waals surface area contributed by atoms with Gasteiger partial charge in [0.1, 0.15) is 16.0 Å². The summed E-state index contributed by atoms with van der Waals surface area (Å²) in [6.45, 7) is 3.96. The second-order valence-corrected chi connectivity index (χ2v) is 7.00. The van der Waals surface area contributed by atoms with Crippen LogP contribution < -0.4 is 11.0 Å². The zero-order valence-electron chi connectivity index (χ0n) is 13.9. The lowest BCUT2D eigenvalue weighted by molar-refractivity contribution is 0.834. The van der Waals surface area contributed by atoms with Crippen molar-refractivity contribution in [2.24, 2.45) is 0 Å². The molecule has 5 heteroatoms. The third-order valence-electron chi connectivity index (χ3n) is 4.29. The lowest BCUT2D eigenvalue weighted by Gasteiger charge is -2.12. The van der Waals surface area contributed by atoms with Crippen LogP contribution in [0.3, 0.4) is 0 Å². The summed E-state index contributed by atoms with van der Waals surface area (Å²) >= 11 is 1.39. The molecular weight excluding hydrogens is 332 g/mol. The van der Waals surface area contributed by atoms with E-state index >= 15 is 0 Å². The molecule has 0 aliphatic carbocycles. The summed E-state index contributed by atoms with van der Waals surface area (Å²) in [7, 11) is 0. The normalized spacial score (nSPS) is 11.3. The molecule has 4 nitrogen and oxygen atoms in total. The van der Waals surface area contributed by atoms with Gasteiger partial charge in [0.15, 0.2) is 0 Å². The standard InChI is InChI=1S/C20H16N2O2S/c1-3-16-21-19-17(18(23)14-6-4-5-7-15(14)25-19)20(24)22(16)13-10-8-12(2)9-11-13/h4-11H,3H2,1-2H3. The van der Waals surface area contributed by atoms with Crippen LogP contribution in [0.25, 0.3) is 26.0 Å². The summed E-state index contributed by atoms with van der Waals surface area (Å²) in [5.41, 5.74) is 1.31. The molecule has 124 valence electrons. The van der Waals surface area contributed by atoms with Crippen molar-refractivity contribution >= 4 is 31.6 Å². The van der Waals surface area contributed by atoms with Gasteiger partial charge in [0.05, 0.1) is 5.69 Å². The van der Waals surface area contributed by atoms with Crippen molar-refractivity contribution < 1.29 is 0 Å². The van der Waals surface area contributed by atoms with E-state index in [0.717, 1.165) is 16.0 Å². The van der Waals surface area contributed by atoms with Gasteiger partial charge >= 0.3 is 0 Å². The summed E-state index contributed by atoms with van der Waals surface area (Å²) in [4.78, 5) is 31.2. The first-order valence-corrected chi connectivity index (χ1v) is 8.96. The van der Waals surface area contributed by atoms with E-state index in [1.54, 1.807) is 10.6 Å². The molecule has 2 aromatic carbocycles. The molecule has 0 saturated carbocycles.